The van der Waals surface area contributed by atoms with Crippen molar-refractivity contribution >= 4 is 11.4 Å². The summed E-state index contributed by atoms with van der Waals surface area (Å²) in [5.41, 5.74) is 0.126. The van der Waals surface area contributed by atoms with E-state index < -0.39 is 4.92 Å². The Morgan fingerprint density at radius 2 is 2.28 bits per heavy atom. The quantitative estimate of drug-likeness (QED) is 0.624. The molecular weight excluding hydrogens is 234 g/mol. The van der Waals surface area contributed by atoms with E-state index in [0.29, 0.717) is 5.69 Å². The first-order chi connectivity index (χ1) is 8.60. The molecule has 0 spiro atoms. The van der Waals surface area contributed by atoms with E-state index in [0.717, 1.165) is 19.3 Å². The Balaban J connectivity index is 2.25. The minimum Gasteiger partial charge on any atom is -0.394 e. The van der Waals surface area contributed by atoms with Crippen LogP contribution in [0.2, 0.25) is 0 Å². The first-order valence-electron chi connectivity index (χ1n) is 5.68. The molecule has 1 aliphatic carbocycles. The van der Waals surface area contributed by atoms with Crippen molar-refractivity contribution in [2.45, 2.75) is 24.8 Å². The van der Waals surface area contributed by atoms with Crippen LogP contribution in [0.15, 0.2) is 18.2 Å². The lowest BCUT2D eigenvalue weighted by atomic mass is 9.77. The summed E-state index contributed by atoms with van der Waals surface area (Å²) in [6, 6.07) is 6.14. The van der Waals surface area contributed by atoms with Crippen LogP contribution in [0.1, 0.15) is 24.8 Å². The second-order valence-electron chi connectivity index (χ2n) is 4.52. The van der Waals surface area contributed by atoms with Crippen molar-refractivity contribution in [2.24, 2.45) is 0 Å². The molecule has 1 saturated carbocycles. The molecule has 6 heteroatoms. The van der Waals surface area contributed by atoms with Crippen molar-refractivity contribution in [1.29, 1.82) is 5.26 Å². The SMILES string of the molecule is N#Cc1cc(NC2(CO)CCC2)ccc1[N+](=O)[O-]. The number of aliphatic hydroxyl groups is 1. The molecule has 1 aromatic rings. The smallest absolute Gasteiger partial charge is 0.287 e. The van der Waals surface area contributed by atoms with Gasteiger partial charge >= 0.3 is 0 Å². The third kappa shape index (κ3) is 2.13. The molecule has 0 radical (unpaired) electrons. The lowest BCUT2D eigenvalue weighted by molar-refractivity contribution is -0.385. The van der Waals surface area contributed by atoms with Gasteiger partial charge in [-0.3, -0.25) is 10.1 Å². The van der Waals surface area contributed by atoms with Crippen LogP contribution < -0.4 is 5.32 Å². The number of nitrogens with one attached hydrogen (secondary N) is 1. The molecule has 1 fully saturated rings. The summed E-state index contributed by atoms with van der Waals surface area (Å²) < 4.78 is 0. The van der Waals surface area contributed by atoms with Gasteiger partial charge in [-0.25, -0.2) is 0 Å². The topological polar surface area (TPSA) is 99.2 Å². The van der Waals surface area contributed by atoms with Gasteiger partial charge in [0, 0.05) is 11.8 Å². The highest BCUT2D eigenvalue weighted by molar-refractivity contribution is 5.59. The van der Waals surface area contributed by atoms with Crippen molar-refractivity contribution in [2.75, 3.05) is 11.9 Å². The zero-order chi connectivity index (χ0) is 13.2. The summed E-state index contributed by atoms with van der Waals surface area (Å²) in [7, 11) is 0. The monoisotopic (exact) mass is 247 g/mol. The minimum absolute atomic E-state index is 0.0197. The zero-order valence-corrected chi connectivity index (χ0v) is 9.72. The molecular formula is C12H13N3O3. The van der Waals surface area contributed by atoms with Gasteiger partial charge in [0.2, 0.25) is 0 Å². The molecule has 94 valence electrons. The van der Waals surface area contributed by atoms with Gasteiger partial charge in [0.15, 0.2) is 0 Å². The number of nitro benzene ring substituents is 1. The molecule has 1 aromatic carbocycles. The minimum atomic E-state index is -0.576. The van der Waals surface area contributed by atoms with Gasteiger partial charge in [-0.05, 0) is 31.4 Å². The molecule has 2 rings (SSSR count). The van der Waals surface area contributed by atoms with Crippen LogP contribution >= 0.6 is 0 Å². The number of aliphatic hydroxyl groups excluding tert-OH is 1. The largest absolute Gasteiger partial charge is 0.394 e. The van der Waals surface area contributed by atoms with Crippen LogP contribution in [0.4, 0.5) is 11.4 Å². The highest BCUT2D eigenvalue weighted by Crippen LogP contribution is 2.35. The molecule has 0 amide bonds. The predicted molar refractivity (Wildman–Crippen MR) is 65.1 cm³/mol. The van der Waals surface area contributed by atoms with Crippen molar-refractivity contribution in [3.8, 4) is 6.07 Å². The second kappa shape index (κ2) is 4.63. The van der Waals surface area contributed by atoms with Gasteiger partial charge in [0.05, 0.1) is 17.1 Å². The zero-order valence-electron chi connectivity index (χ0n) is 9.72. The van der Waals surface area contributed by atoms with Crippen LogP contribution in [0.5, 0.6) is 0 Å². The Hall–Kier alpha value is -2.13. The van der Waals surface area contributed by atoms with Gasteiger partial charge in [-0.15, -0.1) is 0 Å². The van der Waals surface area contributed by atoms with Gasteiger partial charge in [0.1, 0.15) is 11.6 Å². The van der Waals surface area contributed by atoms with Crippen LogP contribution in [-0.2, 0) is 0 Å². The third-order valence-electron chi connectivity index (χ3n) is 3.34. The molecule has 0 aliphatic heterocycles. The van der Waals surface area contributed by atoms with Gasteiger partial charge in [-0.1, -0.05) is 0 Å². The van der Waals surface area contributed by atoms with Crippen molar-refractivity contribution in [1.82, 2.24) is 0 Å². The number of hydrogen-bond donors (Lipinski definition) is 2. The summed E-state index contributed by atoms with van der Waals surface area (Å²) in [5, 5.41) is 32.1. The van der Waals surface area contributed by atoms with Gasteiger partial charge in [-0.2, -0.15) is 5.26 Å². The standard InChI is InChI=1S/C12H13N3O3/c13-7-9-6-10(2-3-11(9)15(17)18)14-12(8-16)4-1-5-12/h2-3,6,14,16H,1,4-5,8H2. The highest BCUT2D eigenvalue weighted by atomic mass is 16.6. The molecule has 0 bridgehead atoms. The Bertz CT molecular complexity index is 512. The maximum atomic E-state index is 10.7. The van der Waals surface area contributed by atoms with E-state index in [1.165, 1.54) is 12.1 Å². The third-order valence-corrected chi connectivity index (χ3v) is 3.34. The maximum Gasteiger partial charge on any atom is 0.287 e. The van der Waals surface area contributed by atoms with E-state index in [9.17, 15) is 15.2 Å². The van der Waals surface area contributed by atoms with E-state index in [2.05, 4.69) is 5.32 Å². The van der Waals surface area contributed by atoms with E-state index >= 15 is 0 Å². The summed E-state index contributed by atoms with van der Waals surface area (Å²) >= 11 is 0. The Morgan fingerprint density at radius 3 is 2.72 bits per heavy atom. The number of nitro groups is 1. The van der Waals surface area contributed by atoms with Crippen molar-refractivity contribution in [3.63, 3.8) is 0 Å². The first-order valence-corrected chi connectivity index (χ1v) is 5.68. The summed E-state index contributed by atoms with van der Waals surface area (Å²) in [5.74, 6) is 0. The van der Waals surface area contributed by atoms with Crippen molar-refractivity contribution in [3.05, 3.63) is 33.9 Å². The van der Waals surface area contributed by atoms with Crippen LogP contribution in [0.25, 0.3) is 0 Å². The van der Waals surface area contributed by atoms with Crippen LogP contribution in [0, 0.1) is 21.4 Å². The lowest BCUT2D eigenvalue weighted by Crippen LogP contribution is -2.48. The Morgan fingerprint density at radius 1 is 1.56 bits per heavy atom. The molecule has 0 unspecified atom stereocenters. The lowest BCUT2D eigenvalue weighted by Gasteiger charge is -2.41. The second-order valence-corrected chi connectivity index (χ2v) is 4.52. The summed E-state index contributed by atoms with van der Waals surface area (Å²) in [4.78, 5) is 10.1. The first kappa shape index (κ1) is 12.3. The predicted octanol–water partition coefficient (Wildman–Crippen LogP) is 1.79. The normalized spacial score (nSPS) is 16.4. The number of rotatable bonds is 4. The fourth-order valence-corrected chi connectivity index (χ4v) is 2.09. The fourth-order valence-electron chi connectivity index (χ4n) is 2.09. The Labute approximate surface area is 104 Å². The summed E-state index contributed by atoms with van der Waals surface area (Å²) in [6.07, 6.45) is 2.77. The van der Waals surface area contributed by atoms with E-state index in [1.807, 2.05) is 6.07 Å². The van der Waals surface area contributed by atoms with E-state index in [1.54, 1.807) is 6.07 Å². The molecule has 0 aromatic heterocycles. The van der Waals surface area contributed by atoms with E-state index in [-0.39, 0.29) is 23.4 Å². The molecule has 18 heavy (non-hydrogen) atoms. The molecule has 0 heterocycles. The van der Waals surface area contributed by atoms with Crippen LogP contribution in [-0.4, -0.2) is 22.2 Å². The molecule has 1 aliphatic rings. The average molecular weight is 247 g/mol. The molecule has 0 saturated heterocycles. The van der Waals surface area contributed by atoms with E-state index in [4.69, 9.17) is 5.26 Å². The molecule has 6 nitrogen and oxygen atoms in total. The number of benzene rings is 1. The van der Waals surface area contributed by atoms with Crippen molar-refractivity contribution < 1.29 is 10.0 Å². The van der Waals surface area contributed by atoms with Gasteiger partial charge in [0.25, 0.3) is 5.69 Å². The fraction of sp³-hybridized carbons (Fsp3) is 0.417. The maximum absolute atomic E-state index is 10.7. The summed E-state index contributed by atoms with van der Waals surface area (Å²) in [6.45, 7) is 0.0197. The molecule has 0 atom stereocenters. The van der Waals surface area contributed by atoms with Gasteiger partial charge < -0.3 is 10.4 Å². The average Bonchev–Trinajstić information content (AvgIpc) is 2.33. The number of anilines is 1. The number of hydrogen-bond acceptors (Lipinski definition) is 5. The number of nitriles is 1. The van der Waals surface area contributed by atoms with Crippen LogP contribution in [0.3, 0.4) is 0 Å². The number of nitrogens with zero attached hydrogens (tertiary/aromatic N) is 2. The Kier molecular flexibility index (Phi) is 3.17. The molecule has 2 N–H and O–H groups in total. The highest BCUT2D eigenvalue weighted by Gasteiger charge is 2.36.